The van der Waals surface area contributed by atoms with Gasteiger partial charge in [0.05, 0.1) is 17.8 Å². The third-order valence-electron chi connectivity index (χ3n) is 7.12. The number of aromatic nitrogens is 4. The monoisotopic (exact) mass is 557 g/mol. The Morgan fingerprint density at radius 1 is 0.927 bits per heavy atom. The van der Waals surface area contributed by atoms with Gasteiger partial charge in [-0.15, -0.1) is 10.2 Å². The third-order valence-corrected chi connectivity index (χ3v) is 7.12. The van der Waals surface area contributed by atoms with E-state index < -0.39 is 23.2 Å². The zero-order chi connectivity index (χ0) is 28.5. The van der Waals surface area contributed by atoms with E-state index in [1.54, 1.807) is 29.4 Å². The highest BCUT2D eigenvalue weighted by Crippen LogP contribution is 2.35. The number of alkyl halides is 2. The predicted octanol–water partition coefficient (Wildman–Crippen LogP) is 3.82. The molecule has 0 aliphatic carbocycles. The summed E-state index contributed by atoms with van der Waals surface area (Å²) < 4.78 is 30.8. The van der Waals surface area contributed by atoms with Crippen LogP contribution in [0.4, 0.5) is 25.8 Å². The quantitative estimate of drug-likeness (QED) is 0.261. The van der Waals surface area contributed by atoms with Crippen LogP contribution >= 0.6 is 0 Å². The maximum absolute atomic E-state index is 13.1. The lowest BCUT2D eigenvalue weighted by molar-refractivity contribution is 0.116. The highest BCUT2D eigenvalue weighted by Gasteiger charge is 2.32. The van der Waals surface area contributed by atoms with Crippen LogP contribution in [0.2, 0.25) is 0 Å². The van der Waals surface area contributed by atoms with Crippen LogP contribution in [-0.4, -0.2) is 58.3 Å². The molecule has 0 saturated carbocycles. The summed E-state index contributed by atoms with van der Waals surface area (Å²) in [7, 11) is 2.02. The van der Waals surface area contributed by atoms with Crippen LogP contribution in [0.5, 0.6) is 0 Å². The molecule has 0 N–H and O–H groups in total. The van der Waals surface area contributed by atoms with Crippen molar-refractivity contribution in [1.29, 1.82) is 0 Å². The molecule has 4 heterocycles. The van der Waals surface area contributed by atoms with Gasteiger partial charge in [0.15, 0.2) is 0 Å². The molecule has 208 valence electrons. The Balaban J connectivity index is 1.37. The number of benzene rings is 1. The number of likely N-dealkylation sites (N-methyl/N-ethyl adjacent to an activating group) is 1. The van der Waals surface area contributed by atoms with Crippen LogP contribution in [-0.2, 0) is 6.54 Å². The lowest BCUT2D eigenvalue weighted by Crippen LogP contribution is -2.51. The van der Waals surface area contributed by atoms with Crippen molar-refractivity contribution in [1.82, 2.24) is 25.1 Å². The molecule has 10 nitrogen and oxygen atoms in total. The smallest absolute Gasteiger partial charge is 0.314 e. The number of hydrogen-bond acceptors (Lipinski definition) is 10. The molecule has 12 heteroatoms. The van der Waals surface area contributed by atoms with Gasteiger partial charge in [0.2, 0.25) is 5.89 Å². The molecule has 0 radical (unpaired) electrons. The summed E-state index contributed by atoms with van der Waals surface area (Å²) in [5.74, 6) is -0.833. The summed E-state index contributed by atoms with van der Waals surface area (Å²) in [6.07, 6.45) is 2.04. The molecular weight excluding hydrogens is 532 g/mol. The molecule has 41 heavy (non-hydrogen) atoms. The Labute approximate surface area is 233 Å². The average Bonchev–Trinajstić information content (AvgIpc) is 3.51. The van der Waals surface area contributed by atoms with Gasteiger partial charge in [-0.2, -0.15) is 8.78 Å². The van der Waals surface area contributed by atoms with Gasteiger partial charge in [-0.1, -0.05) is 18.2 Å². The van der Waals surface area contributed by atoms with Crippen LogP contribution in [0.3, 0.4) is 0 Å². The van der Waals surface area contributed by atoms with Crippen molar-refractivity contribution in [3.8, 4) is 22.6 Å². The molecular formula is C29H25F2N7O3. The van der Waals surface area contributed by atoms with Crippen molar-refractivity contribution in [3.05, 3.63) is 99.2 Å². The van der Waals surface area contributed by atoms with Crippen LogP contribution in [0.25, 0.3) is 22.6 Å². The predicted molar refractivity (Wildman–Crippen MR) is 149 cm³/mol. The first-order valence-corrected chi connectivity index (χ1v) is 13.0. The molecule has 1 saturated heterocycles. The van der Waals surface area contributed by atoms with Crippen LogP contribution < -0.4 is 20.7 Å². The van der Waals surface area contributed by atoms with E-state index in [-0.39, 0.29) is 12.4 Å². The molecule has 3 aromatic heterocycles. The number of anilines is 3. The first-order chi connectivity index (χ1) is 19.9. The second-order valence-corrected chi connectivity index (χ2v) is 9.81. The molecule has 0 unspecified atom stereocenters. The van der Waals surface area contributed by atoms with E-state index in [4.69, 9.17) is 4.42 Å². The molecule has 0 bridgehead atoms. The Morgan fingerprint density at radius 3 is 2.41 bits per heavy atom. The summed E-state index contributed by atoms with van der Waals surface area (Å²) in [6.45, 7) is 3.00. The van der Waals surface area contributed by atoms with Crippen molar-refractivity contribution in [2.75, 3.05) is 43.0 Å². The summed E-state index contributed by atoms with van der Waals surface area (Å²) in [4.78, 5) is 40.7. The zero-order valence-corrected chi connectivity index (χ0v) is 22.1. The number of hydrogen-bond donors (Lipinski definition) is 0. The third kappa shape index (κ3) is 5.21. The molecule has 0 amide bonds. The maximum Gasteiger partial charge on any atom is 0.314 e. The molecule has 0 spiro atoms. The van der Waals surface area contributed by atoms with Crippen molar-refractivity contribution in [2.24, 2.45) is 0 Å². The minimum Gasteiger partial charge on any atom is -0.415 e. The number of halogens is 2. The standard InChI is InChI=1S/C29H25F2N7O3/c1-36-10-12-37(13-11-36)23-24(26(40)25(23)39)38(22-6-2-4-18(14-22)19-5-3-9-32-15-19)17-21-8-7-20(16-33-21)28-34-35-29(41-28)27(30)31/h2-9,14-16,27H,10-13,17H2,1H3. The summed E-state index contributed by atoms with van der Waals surface area (Å²) >= 11 is 0. The Hall–Kier alpha value is -4.84. The van der Waals surface area contributed by atoms with Gasteiger partial charge in [-0.25, -0.2) is 0 Å². The van der Waals surface area contributed by atoms with Crippen LogP contribution in [0.1, 0.15) is 18.0 Å². The minimum atomic E-state index is -2.87. The molecule has 0 atom stereocenters. The Kier molecular flexibility index (Phi) is 7.06. The molecule has 6 rings (SSSR count). The SMILES string of the molecule is CN1CCN(c2c(N(Cc3ccc(-c4nnc(C(F)F)o4)cn3)c3cccc(-c4cccnc4)c3)c(=O)c2=O)CC1. The Morgan fingerprint density at radius 2 is 1.73 bits per heavy atom. The summed E-state index contributed by atoms with van der Waals surface area (Å²) in [5.41, 5.74) is 3.17. The molecule has 1 fully saturated rings. The van der Waals surface area contributed by atoms with E-state index in [9.17, 15) is 18.4 Å². The van der Waals surface area contributed by atoms with E-state index in [1.165, 1.54) is 6.20 Å². The molecule has 1 aliphatic heterocycles. The van der Waals surface area contributed by atoms with Gasteiger partial charge >= 0.3 is 6.43 Å². The second-order valence-electron chi connectivity index (χ2n) is 9.81. The highest BCUT2D eigenvalue weighted by atomic mass is 19.3. The minimum absolute atomic E-state index is 0.0693. The summed E-state index contributed by atoms with van der Waals surface area (Å²) in [6, 6.07) is 14.8. The van der Waals surface area contributed by atoms with Crippen LogP contribution in [0.15, 0.2) is 81.1 Å². The van der Waals surface area contributed by atoms with Gasteiger partial charge < -0.3 is 19.1 Å². The molecule has 2 aromatic carbocycles. The van der Waals surface area contributed by atoms with Gasteiger partial charge in [0.25, 0.3) is 16.7 Å². The van der Waals surface area contributed by atoms with Gasteiger partial charge in [0, 0.05) is 56.0 Å². The van der Waals surface area contributed by atoms with E-state index in [0.717, 1.165) is 24.2 Å². The molecule has 1 aliphatic rings. The maximum atomic E-state index is 13.1. The first-order valence-electron chi connectivity index (χ1n) is 13.0. The van der Waals surface area contributed by atoms with Gasteiger partial charge in [0.1, 0.15) is 11.4 Å². The van der Waals surface area contributed by atoms with Crippen molar-refractivity contribution in [3.63, 3.8) is 0 Å². The van der Waals surface area contributed by atoms with Gasteiger partial charge in [-0.3, -0.25) is 19.6 Å². The first kappa shape index (κ1) is 26.4. The number of pyridine rings is 2. The van der Waals surface area contributed by atoms with Crippen molar-refractivity contribution >= 4 is 17.1 Å². The number of piperazine rings is 1. The summed E-state index contributed by atoms with van der Waals surface area (Å²) in [5, 5.41) is 7.03. The van der Waals surface area contributed by atoms with Crippen molar-refractivity contribution < 1.29 is 13.2 Å². The average molecular weight is 558 g/mol. The number of rotatable bonds is 8. The lowest BCUT2D eigenvalue weighted by Gasteiger charge is -2.37. The molecule has 5 aromatic rings. The highest BCUT2D eigenvalue weighted by molar-refractivity contribution is 5.83. The van der Waals surface area contributed by atoms with E-state index in [2.05, 4.69) is 25.1 Å². The topological polar surface area (TPSA) is 109 Å². The van der Waals surface area contributed by atoms with Crippen LogP contribution in [0, 0.1) is 0 Å². The zero-order valence-electron chi connectivity index (χ0n) is 22.1. The van der Waals surface area contributed by atoms with E-state index in [1.807, 2.05) is 48.3 Å². The van der Waals surface area contributed by atoms with Crippen molar-refractivity contribution in [2.45, 2.75) is 13.0 Å². The normalized spacial score (nSPS) is 14.2. The number of nitrogens with zero attached hydrogens (tertiary/aromatic N) is 7. The fourth-order valence-electron chi connectivity index (χ4n) is 4.87. The second kappa shape index (κ2) is 11.0. The fourth-order valence-corrected chi connectivity index (χ4v) is 4.87. The fraction of sp³-hybridized carbons (Fsp3) is 0.241. The lowest BCUT2D eigenvalue weighted by atomic mass is 10.0. The largest absolute Gasteiger partial charge is 0.415 e. The Bertz CT molecular complexity index is 1730. The van der Waals surface area contributed by atoms with Gasteiger partial charge in [-0.05, 0) is 42.9 Å². The van der Waals surface area contributed by atoms with E-state index >= 15 is 0 Å². The van der Waals surface area contributed by atoms with E-state index in [0.29, 0.717) is 41.4 Å².